The number of nitrogens with two attached hydrogens (primary N) is 1. The van der Waals surface area contributed by atoms with E-state index in [-0.39, 0.29) is 6.04 Å². The van der Waals surface area contributed by atoms with Crippen molar-refractivity contribution in [3.63, 3.8) is 0 Å². The second-order valence-corrected chi connectivity index (χ2v) is 6.05. The van der Waals surface area contributed by atoms with Gasteiger partial charge in [-0.05, 0) is 43.3 Å². The van der Waals surface area contributed by atoms with Crippen molar-refractivity contribution in [2.45, 2.75) is 38.3 Å². The second kappa shape index (κ2) is 6.66. The lowest BCUT2D eigenvalue weighted by molar-refractivity contribution is 0.116. The molecule has 0 aromatic carbocycles. The molecular weight excluding hydrogens is 244 g/mol. The summed E-state index contributed by atoms with van der Waals surface area (Å²) in [5.41, 5.74) is 7.80. The Morgan fingerprint density at radius 2 is 2.33 bits per heavy atom. The van der Waals surface area contributed by atoms with Crippen molar-refractivity contribution in [1.29, 1.82) is 0 Å². The quantitative estimate of drug-likeness (QED) is 0.912. The molecule has 2 N–H and O–H groups in total. The minimum atomic E-state index is 0.252. The number of ether oxygens (including phenoxy) is 1. The van der Waals surface area contributed by atoms with Crippen LogP contribution in [0.1, 0.15) is 35.7 Å². The highest BCUT2D eigenvalue weighted by atomic mass is 32.1. The number of rotatable bonds is 4. The number of likely N-dealkylation sites (tertiary alicyclic amines) is 1. The lowest BCUT2D eigenvalue weighted by Gasteiger charge is -2.33. The zero-order chi connectivity index (χ0) is 13.0. The second-order valence-electron chi connectivity index (χ2n) is 5.10. The maximum absolute atomic E-state index is 6.43. The van der Waals surface area contributed by atoms with Crippen LogP contribution in [0.5, 0.6) is 0 Å². The van der Waals surface area contributed by atoms with Crippen molar-refractivity contribution in [3.05, 3.63) is 21.9 Å². The highest BCUT2D eigenvalue weighted by molar-refractivity contribution is 7.10. The average molecular weight is 268 g/mol. The molecule has 1 aliphatic rings. The standard InChI is InChI=1S/C14H24N2OS/c1-11-6-10-18-14(11)13-12(15)5-3-4-7-16(13)8-9-17-2/h6,10,12-13H,3-5,7-9,15H2,1-2H3. The zero-order valence-electron chi connectivity index (χ0n) is 11.4. The fourth-order valence-electron chi connectivity index (χ4n) is 2.77. The Kier molecular flexibility index (Phi) is 5.18. The lowest BCUT2D eigenvalue weighted by atomic mass is 10.0. The Hall–Kier alpha value is -0.420. The molecule has 102 valence electrons. The van der Waals surface area contributed by atoms with Gasteiger partial charge in [-0.25, -0.2) is 0 Å². The van der Waals surface area contributed by atoms with Gasteiger partial charge in [0.2, 0.25) is 0 Å². The summed E-state index contributed by atoms with van der Waals surface area (Å²) in [6, 6.07) is 2.83. The predicted octanol–water partition coefficient (Wildman–Crippen LogP) is 2.56. The average Bonchev–Trinajstić information content (AvgIpc) is 2.68. The van der Waals surface area contributed by atoms with Gasteiger partial charge in [0.15, 0.2) is 0 Å². The normalized spacial score (nSPS) is 26.2. The third-order valence-electron chi connectivity index (χ3n) is 3.78. The van der Waals surface area contributed by atoms with Crippen molar-refractivity contribution in [3.8, 4) is 0 Å². The summed E-state index contributed by atoms with van der Waals surface area (Å²) >= 11 is 1.84. The molecule has 0 bridgehead atoms. The molecule has 0 saturated carbocycles. The lowest BCUT2D eigenvalue weighted by Crippen LogP contribution is -2.41. The topological polar surface area (TPSA) is 38.5 Å². The molecule has 0 amide bonds. The Morgan fingerprint density at radius 1 is 1.50 bits per heavy atom. The number of methoxy groups -OCH3 is 1. The fourth-order valence-corrected chi connectivity index (χ4v) is 3.91. The van der Waals surface area contributed by atoms with Gasteiger partial charge in [0, 0.05) is 24.6 Å². The van der Waals surface area contributed by atoms with E-state index in [1.807, 2.05) is 11.3 Å². The third-order valence-corrected chi connectivity index (χ3v) is 4.87. The van der Waals surface area contributed by atoms with Gasteiger partial charge in [-0.15, -0.1) is 11.3 Å². The van der Waals surface area contributed by atoms with Gasteiger partial charge in [0.05, 0.1) is 12.6 Å². The van der Waals surface area contributed by atoms with Crippen molar-refractivity contribution in [1.82, 2.24) is 4.90 Å². The maximum atomic E-state index is 6.43. The zero-order valence-corrected chi connectivity index (χ0v) is 12.2. The van der Waals surface area contributed by atoms with Gasteiger partial charge in [0.25, 0.3) is 0 Å². The Labute approximate surface area is 114 Å². The van der Waals surface area contributed by atoms with Crippen LogP contribution >= 0.6 is 11.3 Å². The highest BCUT2D eigenvalue weighted by Crippen LogP contribution is 2.34. The third kappa shape index (κ3) is 3.12. The minimum Gasteiger partial charge on any atom is -0.383 e. The van der Waals surface area contributed by atoms with Gasteiger partial charge in [0.1, 0.15) is 0 Å². The SMILES string of the molecule is COCCN1CCCCC(N)C1c1sccc1C. The summed E-state index contributed by atoms with van der Waals surface area (Å²) in [6.07, 6.45) is 3.62. The van der Waals surface area contributed by atoms with Crippen LogP contribution in [0.25, 0.3) is 0 Å². The highest BCUT2D eigenvalue weighted by Gasteiger charge is 2.30. The number of hydrogen-bond acceptors (Lipinski definition) is 4. The molecule has 3 nitrogen and oxygen atoms in total. The molecule has 0 spiro atoms. The molecule has 1 saturated heterocycles. The van der Waals surface area contributed by atoms with Crippen LogP contribution in [0.4, 0.5) is 0 Å². The number of thiophene rings is 1. The molecule has 0 aliphatic carbocycles. The molecule has 2 rings (SSSR count). The van der Waals surface area contributed by atoms with Crippen LogP contribution in [-0.2, 0) is 4.74 Å². The summed E-state index contributed by atoms with van der Waals surface area (Å²) in [5, 5.41) is 2.18. The molecule has 0 radical (unpaired) electrons. The molecule has 1 fully saturated rings. The van der Waals surface area contributed by atoms with Crippen LogP contribution in [0, 0.1) is 6.92 Å². The monoisotopic (exact) mass is 268 g/mol. The van der Waals surface area contributed by atoms with Gasteiger partial charge in [-0.2, -0.15) is 0 Å². The summed E-state index contributed by atoms with van der Waals surface area (Å²) in [7, 11) is 1.77. The van der Waals surface area contributed by atoms with E-state index < -0.39 is 0 Å². The summed E-state index contributed by atoms with van der Waals surface area (Å²) in [6.45, 7) is 5.09. The molecule has 2 unspecified atom stereocenters. The van der Waals surface area contributed by atoms with Crippen LogP contribution in [0.15, 0.2) is 11.4 Å². The predicted molar refractivity (Wildman–Crippen MR) is 77.1 cm³/mol. The molecular formula is C14H24N2OS. The van der Waals surface area contributed by atoms with Gasteiger partial charge in [-0.1, -0.05) is 6.42 Å². The first kappa shape index (κ1) is 14.0. The largest absolute Gasteiger partial charge is 0.383 e. The van der Waals surface area contributed by atoms with Gasteiger partial charge in [-0.3, -0.25) is 4.90 Å². The van der Waals surface area contributed by atoms with Gasteiger partial charge < -0.3 is 10.5 Å². The smallest absolute Gasteiger partial charge is 0.0596 e. The first-order valence-corrected chi connectivity index (χ1v) is 7.64. The van der Waals surface area contributed by atoms with Crippen LogP contribution in [-0.4, -0.2) is 37.7 Å². The fraction of sp³-hybridized carbons (Fsp3) is 0.714. The number of hydrogen-bond donors (Lipinski definition) is 1. The Morgan fingerprint density at radius 3 is 3.00 bits per heavy atom. The number of aryl methyl sites for hydroxylation is 1. The van der Waals surface area contributed by atoms with Crippen molar-refractivity contribution in [2.24, 2.45) is 5.73 Å². The molecule has 1 aromatic heterocycles. The molecule has 18 heavy (non-hydrogen) atoms. The molecule has 1 aromatic rings. The van der Waals surface area contributed by atoms with Crippen molar-refractivity contribution < 1.29 is 4.74 Å². The molecule has 2 atom stereocenters. The van der Waals surface area contributed by atoms with Gasteiger partial charge >= 0.3 is 0 Å². The molecule has 2 heterocycles. The van der Waals surface area contributed by atoms with Crippen molar-refractivity contribution in [2.75, 3.05) is 26.8 Å². The first-order valence-electron chi connectivity index (χ1n) is 6.76. The first-order chi connectivity index (χ1) is 8.74. The van der Waals surface area contributed by atoms with E-state index in [0.717, 1.165) is 26.1 Å². The van der Waals surface area contributed by atoms with E-state index in [9.17, 15) is 0 Å². The van der Waals surface area contributed by atoms with Crippen LogP contribution in [0.3, 0.4) is 0 Å². The minimum absolute atomic E-state index is 0.252. The van der Waals surface area contributed by atoms with E-state index in [1.54, 1.807) is 7.11 Å². The van der Waals surface area contributed by atoms with Crippen LogP contribution in [0.2, 0.25) is 0 Å². The van der Waals surface area contributed by atoms with E-state index >= 15 is 0 Å². The maximum Gasteiger partial charge on any atom is 0.0596 e. The molecule has 1 aliphatic heterocycles. The van der Waals surface area contributed by atoms with E-state index in [0.29, 0.717) is 6.04 Å². The molecule has 4 heteroatoms. The summed E-state index contributed by atoms with van der Waals surface area (Å²) in [5.74, 6) is 0. The van der Waals surface area contributed by atoms with E-state index in [4.69, 9.17) is 10.5 Å². The van der Waals surface area contributed by atoms with Crippen molar-refractivity contribution >= 4 is 11.3 Å². The van der Waals surface area contributed by atoms with E-state index in [1.165, 1.54) is 23.3 Å². The van der Waals surface area contributed by atoms with Crippen LogP contribution < -0.4 is 5.73 Å². The summed E-state index contributed by atoms with van der Waals surface area (Å²) < 4.78 is 5.24. The number of nitrogens with zero attached hydrogens (tertiary/aromatic N) is 1. The van der Waals surface area contributed by atoms with E-state index in [2.05, 4.69) is 23.3 Å². The summed E-state index contributed by atoms with van der Waals surface area (Å²) in [4.78, 5) is 3.96. The Balaban J connectivity index is 2.20. The Bertz CT molecular complexity index is 366.